The Bertz CT molecular complexity index is 1010. The van der Waals surface area contributed by atoms with E-state index >= 15 is 0 Å². The molecule has 0 bridgehead atoms. The summed E-state index contributed by atoms with van der Waals surface area (Å²) in [4.78, 5) is 34.7. The Morgan fingerprint density at radius 1 is 1.25 bits per heavy atom. The van der Waals surface area contributed by atoms with Crippen LogP contribution in [0, 0.1) is 10.1 Å². The summed E-state index contributed by atoms with van der Waals surface area (Å²) < 4.78 is 30.0. The van der Waals surface area contributed by atoms with Crippen molar-refractivity contribution < 1.29 is 27.7 Å². The maximum Gasteiger partial charge on any atom is 0.341 e. The average Bonchev–Trinajstić information content (AvgIpc) is 3.06. The van der Waals surface area contributed by atoms with Crippen LogP contribution in [0.3, 0.4) is 0 Å². The van der Waals surface area contributed by atoms with Gasteiger partial charge in [-0.05, 0) is 42.5 Å². The molecule has 2 aromatic rings. The molecule has 12 heteroatoms. The first kappa shape index (κ1) is 21.5. The highest BCUT2D eigenvalue weighted by Crippen LogP contribution is 2.34. The number of nitro groups is 1. The maximum atomic E-state index is 12.4. The van der Waals surface area contributed by atoms with Gasteiger partial charge in [0.15, 0.2) is 0 Å². The van der Waals surface area contributed by atoms with E-state index in [9.17, 15) is 28.1 Å². The number of hydrogen-bond acceptors (Lipinski definition) is 8. The predicted octanol–water partition coefficient (Wildman–Crippen LogP) is 2.34. The van der Waals surface area contributed by atoms with Crippen LogP contribution in [0.4, 0.5) is 10.0 Å². The lowest BCUT2D eigenvalue weighted by molar-refractivity contribution is -0.380. The van der Waals surface area contributed by atoms with Crippen molar-refractivity contribution in [2.24, 2.45) is 0 Å². The fourth-order valence-corrected chi connectivity index (χ4v) is 3.84. The number of carbonyl (C=O) groups is 2. The number of ether oxygens (including phenoxy) is 1. The number of benzene rings is 1. The van der Waals surface area contributed by atoms with Gasteiger partial charge in [-0.1, -0.05) is 0 Å². The van der Waals surface area contributed by atoms with Crippen molar-refractivity contribution in [1.29, 1.82) is 0 Å². The molecular weight excluding hydrogens is 410 g/mol. The van der Waals surface area contributed by atoms with Crippen molar-refractivity contribution in [3.63, 3.8) is 0 Å². The molecular formula is C16H17N3O7S2. The van der Waals surface area contributed by atoms with Crippen molar-refractivity contribution in [2.45, 2.75) is 11.8 Å². The monoisotopic (exact) mass is 427 g/mol. The molecule has 0 aliphatic rings. The predicted molar refractivity (Wildman–Crippen MR) is 102 cm³/mol. The summed E-state index contributed by atoms with van der Waals surface area (Å²) >= 11 is 0.622. The standard InChI is InChI=1S/C16H17N3O7S2/c1-4-26-16(21)12-9-13(19(22)23)27-15(12)17-14(20)10-5-7-11(8-6-10)28(24,25)18(2)3/h5-9H,4H2,1-3H3,(H,17,20). The normalized spacial score (nSPS) is 11.3. The van der Waals surface area contributed by atoms with E-state index in [1.54, 1.807) is 6.92 Å². The molecule has 0 fully saturated rings. The summed E-state index contributed by atoms with van der Waals surface area (Å²) in [5, 5.41) is 13.1. The van der Waals surface area contributed by atoms with Gasteiger partial charge >= 0.3 is 11.0 Å². The Morgan fingerprint density at radius 3 is 2.36 bits per heavy atom. The number of amides is 1. The first-order valence-corrected chi connectivity index (χ1v) is 10.1. The van der Waals surface area contributed by atoms with E-state index in [1.165, 1.54) is 38.4 Å². The van der Waals surface area contributed by atoms with Gasteiger partial charge in [0.1, 0.15) is 10.6 Å². The molecule has 0 aliphatic heterocycles. The van der Waals surface area contributed by atoms with Gasteiger partial charge in [0.05, 0.1) is 16.4 Å². The van der Waals surface area contributed by atoms with Crippen LogP contribution in [0.15, 0.2) is 35.2 Å². The molecule has 1 aromatic carbocycles. The van der Waals surface area contributed by atoms with Crippen LogP contribution in [0.25, 0.3) is 0 Å². The van der Waals surface area contributed by atoms with Gasteiger partial charge in [-0.2, -0.15) is 0 Å². The molecule has 1 N–H and O–H groups in total. The average molecular weight is 427 g/mol. The largest absolute Gasteiger partial charge is 0.462 e. The Kier molecular flexibility index (Phi) is 6.48. The molecule has 0 aliphatic carbocycles. The van der Waals surface area contributed by atoms with Crippen LogP contribution in [-0.4, -0.2) is 50.2 Å². The second-order valence-corrected chi connectivity index (χ2v) is 8.75. The van der Waals surface area contributed by atoms with Crippen molar-refractivity contribution in [3.05, 3.63) is 51.6 Å². The minimum Gasteiger partial charge on any atom is -0.462 e. The Hall–Kier alpha value is -2.83. The number of esters is 1. The molecule has 28 heavy (non-hydrogen) atoms. The molecule has 0 radical (unpaired) electrons. The number of hydrogen-bond donors (Lipinski definition) is 1. The zero-order chi connectivity index (χ0) is 21.1. The fourth-order valence-electron chi connectivity index (χ4n) is 2.09. The fraction of sp³-hybridized carbons (Fsp3) is 0.250. The minimum atomic E-state index is -3.64. The lowest BCUT2D eigenvalue weighted by Gasteiger charge is -2.11. The number of carbonyl (C=O) groups excluding carboxylic acids is 2. The highest BCUT2D eigenvalue weighted by Gasteiger charge is 2.24. The molecule has 0 saturated carbocycles. The summed E-state index contributed by atoms with van der Waals surface area (Å²) in [7, 11) is -0.870. The summed E-state index contributed by atoms with van der Waals surface area (Å²) in [6, 6.07) is 6.18. The second-order valence-electron chi connectivity index (χ2n) is 5.57. The summed E-state index contributed by atoms with van der Waals surface area (Å²) in [6.07, 6.45) is 0. The number of sulfonamides is 1. The molecule has 1 aromatic heterocycles. The molecule has 0 saturated heterocycles. The van der Waals surface area contributed by atoms with E-state index in [4.69, 9.17) is 4.74 Å². The van der Waals surface area contributed by atoms with E-state index in [0.29, 0.717) is 11.3 Å². The summed E-state index contributed by atoms with van der Waals surface area (Å²) in [5.41, 5.74) is -0.0118. The first-order valence-electron chi connectivity index (χ1n) is 7.87. The molecule has 0 unspecified atom stereocenters. The van der Waals surface area contributed by atoms with Crippen LogP contribution >= 0.6 is 11.3 Å². The van der Waals surface area contributed by atoms with Crippen LogP contribution in [-0.2, 0) is 14.8 Å². The smallest absolute Gasteiger partial charge is 0.341 e. The topological polar surface area (TPSA) is 136 Å². The van der Waals surface area contributed by atoms with E-state index in [1.807, 2.05) is 0 Å². The van der Waals surface area contributed by atoms with Crippen molar-refractivity contribution in [1.82, 2.24) is 4.31 Å². The van der Waals surface area contributed by atoms with Crippen molar-refractivity contribution >= 4 is 43.2 Å². The minimum absolute atomic E-state index is 0.00743. The molecule has 1 heterocycles. The van der Waals surface area contributed by atoms with Crippen molar-refractivity contribution in [2.75, 3.05) is 26.0 Å². The Balaban J connectivity index is 2.30. The van der Waals surface area contributed by atoms with Gasteiger partial charge in [0.25, 0.3) is 5.91 Å². The number of nitrogens with zero attached hydrogens (tertiary/aromatic N) is 2. The molecule has 2 rings (SSSR count). The van der Waals surface area contributed by atoms with E-state index < -0.39 is 26.8 Å². The zero-order valence-electron chi connectivity index (χ0n) is 15.2. The van der Waals surface area contributed by atoms with Crippen LogP contribution in [0.2, 0.25) is 0 Å². The highest BCUT2D eigenvalue weighted by atomic mass is 32.2. The number of thiophene rings is 1. The van der Waals surface area contributed by atoms with Crippen LogP contribution in [0.1, 0.15) is 27.6 Å². The zero-order valence-corrected chi connectivity index (χ0v) is 16.8. The van der Waals surface area contributed by atoms with Crippen LogP contribution in [0.5, 0.6) is 0 Å². The third-order valence-corrected chi connectivity index (χ3v) is 6.35. The van der Waals surface area contributed by atoms with E-state index in [2.05, 4.69) is 5.32 Å². The van der Waals surface area contributed by atoms with Gasteiger partial charge in [0.2, 0.25) is 10.0 Å². The van der Waals surface area contributed by atoms with Gasteiger partial charge in [-0.15, -0.1) is 0 Å². The molecule has 1 amide bonds. The third kappa shape index (κ3) is 4.52. The second kappa shape index (κ2) is 8.46. The van der Waals surface area contributed by atoms with Gasteiger partial charge < -0.3 is 10.1 Å². The van der Waals surface area contributed by atoms with Gasteiger partial charge in [-0.25, -0.2) is 17.5 Å². The van der Waals surface area contributed by atoms with Crippen molar-refractivity contribution in [3.8, 4) is 0 Å². The van der Waals surface area contributed by atoms with Crippen LogP contribution < -0.4 is 5.32 Å². The number of rotatable bonds is 7. The SMILES string of the molecule is CCOC(=O)c1cc([N+](=O)[O-])sc1NC(=O)c1ccc(S(=O)(=O)N(C)C)cc1. The number of anilines is 1. The van der Waals surface area contributed by atoms with Gasteiger partial charge in [-0.3, -0.25) is 14.9 Å². The lowest BCUT2D eigenvalue weighted by Crippen LogP contribution is -2.22. The molecule has 0 spiro atoms. The lowest BCUT2D eigenvalue weighted by atomic mass is 10.2. The molecule has 10 nitrogen and oxygen atoms in total. The molecule has 0 atom stereocenters. The highest BCUT2D eigenvalue weighted by molar-refractivity contribution is 7.89. The Morgan fingerprint density at radius 2 is 1.86 bits per heavy atom. The maximum absolute atomic E-state index is 12.4. The van der Waals surface area contributed by atoms with Gasteiger partial charge in [0, 0.05) is 25.7 Å². The van der Waals surface area contributed by atoms with E-state index in [0.717, 1.165) is 10.4 Å². The quantitative estimate of drug-likeness (QED) is 0.407. The summed E-state index contributed by atoms with van der Waals surface area (Å²) in [5.74, 6) is -1.45. The first-order chi connectivity index (χ1) is 13.1. The number of nitrogens with one attached hydrogen (secondary N) is 1. The molecule has 150 valence electrons. The summed E-state index contributed by atoms with van der Waals surface area (Å²) in [6.45, 7) is 1.65. The third-order valence-electron chi connectivity index (χ3n) is 3.52. The Labute approximate surface area is 164 Å². The van der Waals surface area contributed by atoms with E-state index in [-0.39, 0.29) is 32.6 Å².